The summed E-state index contributed by atoms with van der Waals surface area (Å²) in [6, 6.07) is 2.19. The van der Waals surface area contributed by atoms with E-state index in [1.807, 2.05) is 0 Å². The number of phenolic OH excluding ortho intramolecular Hbond substituents is 2. The van der Waals surface area contributed by atoms with Gasteiger partial charge in [-0.25, -0.2) is 4.79 Å². The number of hydrogen-bond donors (Lipinski definition) is 6. The zero-order valence-electron chi connectivity index (χ0n) is 25.3. The molecule has 6 N–H and O–H groups in total. The first-order valence-corrected chi connectivity index (χ1v) is 17.4. The maximum Gasteiger partial charge on any atom is 0.335 e. The van der Waals surface area contributed by atoms with E-state index < -0.39 is 60.1 Å². The summed E-state index contributed by atoms with van der Waals surface area (Å²) in [4.78, 5) is 24.4. The zero-order valence-corrected chi connectivity index (χ0v) is 26.9. The van der Waals surface area contributed by atoms with Crippen LogP contribution in [0.25, 0.3) is 10.8 Å². The maximum atomic E-state index is 12.4. The smallest absolute Gasteiger partial charge is 0.335 e. The van der Waals surface area contributed by atoms with Crippen LogP contribution in [0.1, 0.15) is 59.4 Å². The van der Waals surface area contributed by atoms with Crippen molar-refractivity contribution >= 4 is 44.1 Å². The fourth-order valence-electron chi connectivity index (χ4n) is 6.99. The Hall–Kier alpha value is -2.30. The highest BCUT2D eigenvalue weighted by Crippen LogP contribution is 2.47. The number of rotatable bonds is 5. The molecule has 12 nitrogen and oxygen atoms in total. The molecule has 0 aromatic heterocycles. The van der Waals surface area contributed by atoms with Crippen LogP contribution in [0.2, 0.25) is 0 Å². The van der Waals surface area contributed by atoms with Crippen molar-refractivity contribution in [3.63, 3.8) is 0 Å². The summed E-state index contributed by atoms with van der Waals surface area (Å²) < 4.78 is 24.0. The van der Waals surface area contributed by atoms with Gasteiger partial charge in [-0.3, -0.25) is 4.79 Å². The molecule has 2 aromatic rings. The number of aliphatic hydroxyl groups excluding tert-OH is 3. The van der Waals surface area contributed by atoms with Crippen LogP contribution in [-0.4, -0.2) is 104 Å². The number of aliphatic hydroxyl groups is 3. The van der Waals surface area contributed by atoms with Crippen molar-refractivity contribution in [2.24, 2.45) is 17.8 Å². The Morgan fingerprint density at radius 1 is 1.13 bits per heavy atom. The third kappa shape index (κ3) is 6.35. The highest BCUT2D eigenvalue weighted by molar-refractivity contribution is 8.76. The number of phenols is 2. The summed E-state index contributed by atoms with van der Waals surface area (Å²) in [5.41, 5.74) is -1.95. The molecule has 3 aliphatic rings. The Kier molecular flexibility index (Phi) is 10.5. The second-order valence-electron chi connectivity index (χ2n) is 12.1. The molecular formula is C31H40O12S2. The van der Waals surface area contributed by atoms with Gasteiger partial charge in [0.15, 0.2) is 5.78 Å². The van der Waals surface area contributed by atoms with Gasteiger partial charge >= 0.3 is 5.97 Å². The van der Waals surface area contributed by atoms with Crippen LogP contribution in [0.3, 0.4) is 0 Å². The number of fused-ring (bicyclic) bond motifs is 2. The predicted octanol–water partition coefficient (Wildman–Crippen LogP) is 3.45. The van der Waals surface area contributed by atoms with Crippen LogP contribution in [0.5, 0.6) is 17.2 Å². The minimum absolute atomic E-state index is 0.0499. The molecule has 0 aliphatic carbocycles. The van der Waals surface area contributed by atoms with Gasteiger partial charge in [-0.15, -0.1) is 0 Å². The average Bonchev–Trinajstić information content (AvgIpc) is 3.04. The van der Waals surface area contributed by atoms with E-state index in [1.165, 1.54) is 24.6 Å². The maximum absolute atomic E-state index is 12.4. The number of carboxylic acids is 1. The number of benzene rings is 2. The topological polar surface area (TPSA) is 192 Å². The molecule has 3 heterocycles. The molecule has 0 bridgehead atoms. The molecule has 0 unspecified atom stereocenters. The molecule has 0 amide bonds. The molecule has 8 atom stereocenters. The number of carbonyl (C=O) groups is 2. The first kappa shape index (κ1) is 34.0. The van der Waals surface area contributed by atoms with Gasteiger partial charge in [0, 0.05) is 23.3 Å². The summed E-state index contributed by atoms with van der Waals surface area (Å²) in [6.07, 6.45) is -4.33. The fourth-order valence-corrected chi connectivity index (χ4v) is 9.10. The Bertz CT molecular complexity index is 1430. The normalized spacial score (nSPS) is 32.9. The molecule has 1 spiro atoms. The molecule has 3 aliphatic heterocycles. The average molecular weight is 669 g/mol. The van der Waals surface area contributed by atoms with Crippen molar-refractivity contribution < 1.29 is 59.2 Å². The van der Waals surface area contributed by atoms with Gasteiger partial charge in [0.2, 0.25) is 6.29 Å². The van der Waals surface area contributed by atoms with Gasteiger partial charge in [-0.2, -0.15) is 0 Å². The number of Topliss-reactive ketones (excluding diaryl/α,β-unsaturated/α-hetero) is 1. The fraction of sp³-hybridized carbons (Fsp3) is 0.613. The van der Waals surface area contributed by atoms with Gasteiger partial charge in [0.25, 0.3) is 0 Å². The second-order valence-corrected chi connectivity index (χ2v) is 14.6. The van der Waals surface area contributed by atoms with E-state index in [9.17, 15) is 40.2 Å². The lowest BCUT2D eigenvalue weighted by Gasteiger charge is -2.50. The van der Waals surface area contributed by atoms with E-state index in [0.29, 0.717) is 31.5 Å². The van der Waals surface area contributed by atoms with Crippen molar-refractivity contribution in [3.8, 4) is 17.2 Å². The van der Waals surface area contributed by atoms with Gasteiger partial charge in [-0.05, 0) is 63.0 Å². The molecule has 14 heteroatoms. The summed E-state index contributed by atoms with van der Waals surface area (Å²) in [5.74, 6) is -1.17. The number of ether oxygens (including phenoxy) is 4. The highest BCUT2D eigenvalue weighted by atomic mass is 33.1. The Balaban J connectivity index is 1.50. The Morgan fingerprint density at radius 2 is 1.89 bits per heavy atom. The molecule has 0 saturated carbocycles. The van der Waals surface area contributed by atoms with Crippen LogP contribution in [0.15, 0.2) is 12.1 Å². The summed E-state index contributed by atoms with van der Waals surface area (Å²) >= 11 is 0. The largest absolute Gasteiger partial charge is 0.507 e. The highest BCUT2D eigenvalue weighted by Gasteiger charge is 2.57. The van der Waals surface area contributed by atoms with Crippen molar-refractivity contribution in [2.75, 3.05) is 31.5 Å². The van der Waals surface area contributed by atoms with Crippen LogP contribution < -0.4 is 4.74 Å². The van der Waals surface area contributed by atoms with Gasteiger partial charge in [0.05, 0.1) is 29.7 Å². The number of carbonyl (C=O) groups excluding carboxylic acids is 1. The van der Waals surface area contributed by atoms with Crippen LogP contribution in [0.4, 0.5) is 0 Å². The second kappa shape index (κ2) is 13.8. The Labute approximate surface area is 268 Å². The molecule has 248 valence electrons. The third-order valence-electron chi connectivity index (χ3n) is 9.51. The molecular weight excluding hydrogens is 628 g/mol. The SMILES string of the molecule is CC(=O)c1c(C)c(O)c2cc(C(=O)O)cc(O[C@@H]3O[C@H](CO)[C@]4(CC[C@@H](C)[C@H]5CCOC[C@H]5CSSCO4)[C@H](O)[C@H]3O)c2c1O. The first-order chi connectivity index (χ1) is 21.4. The van der Waals surface area contributed by atoms with Crippen molar-refractivity contribution in [2.45, 2.75) is 70.2 Å². The van der Waals surface area contributed by atoms with Gasteiger partial charge < -0.3 is 49.6 Å². The lowest BCUT2D eigenvalue weighted by Crippen LogP contribution is -2.69. The third-order valence-corrected chi connectivity index (χ3v) is 11.7. The quantitative estimate of drug-likeness (QED) is 0.154. The number of carboxylic acid groups (broad SMARTS) is 1. The molecule has 3 fully saturated rings. The van der Waals surface area contributed by atoms with E-state index in [0.717, 1.165) is 24.3 Å². The Morgan fingerprint density at radius 3 is 2.58 bits per heavy atom. The van der Waals surface area contributed by atoms with E-state index in [1.54, 1.807) is 10.8 Å². The molecule has 3 saturated heterocycles. The minimum Gasteiger partial charge on any atom is -0.507 e. The first-order valence-electron chi connectivity index (χ1n) is 14.9. The zero-order chi connectivity index (χ0) is 32.6. The van der Waals surface area contributed by atoms with E-state index in [4.69, 9.17) is 18.9 Å². The monoisotopic (exact) mass is 668 g/mol. The van der Waals surface area contributed by atoms with Crippen molar-refractivity contribution in [3.05, 3.63) is 28.8 Å². The van der Waals surface area contributed by atoms with Gasteiger partial charge in [-0.1, -0.05) is 28.5 Å². The van der Waals surface area contributed by atoms with Gasteiger partial charge in [0.1, 0.15) is 47.1 Å². The summed E-state index contributed by atoms with van der Waals surface area (Å²) in [5, 5.41) is 65.1. The van der Waals surface area contributed by atoms with Crippen molar-refractivity contribution in [1.29, 1.82) is 0 Å². The number of aromatic hydroxyl groups is 2. The lowest BCUT2D eigenvalue weighted by atomic mass is 9.74. The van der Waals surface area contributed by atoms with E-state index in [-0.39, 0.29) is 51.5 Å². The van der Waals surface area contributed by atoms with E-state index >= 15 is 0 Å². The number of ketones is 1. The number of aromatic carboxylic acids is 1. The standard InChI is InChI=1S/C31H40O12S2/c1-14-4-6-31(41-13-45-44-12-18-11-40-7-5-19(14)18)22(10-32)43-30(27(36)28(31)37)42-21-9-17(29(38)39)8-20-24(21)26(35)23(16(3)33)15(2)25(20)34/h8-9,14,18-19,22,27-28,30,32,34-37H,4-7,10-13H2,1-3H3,(H,38,39)/t14-,18+,19-,22-,27-,28-,30-,31-/m1/s1. The summed E-state index contributed by atoms with van der Waals surface area (Å²) in [7, 11) is 3.11. The minimum atomic E-state index is -1.74. The molecule has 45 heavy (non-hydrogen) atoms. The molecule has 0 radical (unpaired) electrons. The van der Waals surface area contributed by atoms with Crippen LogP contribution in [0, 0.1) is 24.7 Å². The molecule has 5 rings (SSSR count). The van der Waals surface area contributed by atoms with E-state index in [2.05, 4.69) is 6.92 Å². The summed E-state index contributed by atoms with van der Waals surface area (Å²) in [6.45, 7) is 5.55. The molecule has 2 aromatic carbocycles. The van der Waals surface area contributed by atoms with Crippen molar-refractivity contribution in [1.82, 2.24) is 0 Å². The van der Waals surface area contributed by atoms with Crippen LogP contribution >= 0.6 is 21.6 Å². The van der Waals surface area contributed by atoms with Crippen LogP contribution in [-0.2, 0) is 14.2 Å². The lowest BCUT2D eigenvalue weighted by molar-refractivity contribution is -0.322. The predicted molar refractivity (Wildman–Crippen MR) is 167 cm³/mol. The number of hydrogen-bond acceptors (Lipinski definition) is 13.